The lowest BCUT2D eigenvalue weighted by atomic mass is 10.4. The van der Waals surface area contributed by atoms with Crippen LogP contribution in [0, 0.1) is 6.92 Å². The van der Waals surface area contributed by atoms with Crippen molar-refractivity contribution in [3.63, 3.8) is 0 Å². The van der Waals surface area contributed by atoms with Gasteiger partial charge in [-0.1, -0.05) is 0 Å². The van der Waals surface area contributed by atoms with Crippen LogP contribution in [0.15, 0.2) is 17.2 Å². The Morgan fingerprint density at radius 3 is 3.00 bits per heavy atom. The van der Waals surface area contributed by atoms with E-state index in [1.54, 1.807) is 10.6 Å². The first kappa shape index (κ1) is 8.52. The van der Waals surface area contributed by atoms with Gasteiger partial charge in [0.2, 0.25) is 0 Å². The van der Waals surface area contributed by atoms with Gasteiger partial charge in [0.25, 0.3) is 0 Å². The highest BCUT2D eigenvalue weighted by Crippen LogP contribution is 2.12. The van der Waals surface area contributed by atoms with Gasteiger partial charge in [-0.3, -0.25) is 0 Å². The van der Waals surface area contributed by atoms with Crippen LogP contribution in [0.4, 0.5) is 0 Å². The number of aliphatic hydroxyl groups excluding tert-OH is 1. The van der Waals surface area contributed by atoms with Crippen molar-refractivity contribution in [1.29, 1.82) is 0 Å². The molecule has 0 amide bonds. The van der Waals surface area contributed by atoms with Gasteiger partial charge in [0.05, 0.1) is 23.0 Å². The fourth-order valence-corrected chi connectivity index (χ4v) is 1.50. The maximum Gasteiger partial charge on any atom is 0.156 e. The van der Waals surface area contributed by atoms with Crippen LogP contribution in [0.2, 0.25) is 0 Å². The third-order valence-corrected chi connectivity index (χ3v) is 2.06. The van der Waals surface area contributed by atoms with E-state index in [1.807, 2.05) is 13.0 Å². The zero-order valence-electron chi connectivity index (χ0n) is 7.10. The van der Waals surface area contributed by atoms with Crippen molar-refractivity contribution < 1.29 is 5.11 Å². The van der Waals surface area contributed by atoms with Gasteiger partial charge in [-0.25, -0.2) is 9.50 Å². The summed E-state index contributed by atoms with van der Waals surface area (Å²) >= 11 is 4.24. The minimum absolute atomic E-state index is 0.0751. The molecule has 5 heteroatoms. The molecule has 2 rings (SSSR count). The Balaban J connectivity index is 2.75. The molecular formula is C8H9N3OS. The van der Waals surface area contributed by atoms with Crippen LogP contribution in [0.25, 0.3) is 5.65 Å². The summed E-state index contributed by atoms with van der Waals surface area (Å²) in [6, 6.07) is 3.54. The van der Waals surface area contributed by atoms with E-state index < -0.39 is 0 Å². The Labute approximate surface area is 80.6 Å². The molecule has 0 radical (unpaired) electrons. The van der Waals surface area contributed by atoms with Gasteiger partial charge < -0.3 is 5.11 Å². The summed E-state index contributed by atoms with van der Waals surface area (Å²) < 4.78 is 1.64. The van der Waals surface area contributed by atoms with E-state index in [0.717, 1.165) is 5.69 Å². The van der Waals surface area contributed by atoms with Crippen molar-refractivity contribution in [1.82, 2.24) is 14.6 Å². The predicted octanol–water partition coefficient (Wildman–Crippen LogP) is 0.819. The molecule has 2 aromatic heterocycles. The SMILES string of the molecule is Cc1cc2nc(CO)cc(S)n2n1. The first-order valence-electron chi connectivity index (χ1n) is 3.87. The minimum Gasteiger partial charge on any atom is -0.390 e. The molecule has 0 aliphatic carbocycles. The third kappa shape index (κ3) is 1.40. The summed E-state index contributed by atoms with van der Waals surface area (Å²) in [6.45, 7) is 1.81. The highest BCUT2D eigenvalue weighted by Gasteiger charge is 2.04. The molecule has 0 aliphatic heterocycles. The fraction of sp³-hybridized carbons (Fsp3) is 0.250. The van der Waals surface area contributed by atoms with E-state index in [4.69, 9.17) is 5.11 Å². The van der Waals surface area contributed by atoms with Gasteiger partial charge >= 0.3 is 0 Å². The van der Waals surface area contributed by atoms with Crippen LogP contribution in [0.1, 0.15) is 11.4 Å². The molecule has 4 nitrogen and oxygen atoms in total. The lowest BCUT2D eigenvalue weighted by Gasteiger charge is -1.99. The number of rotatable bonds is 1. The van der Waals surface area contributed by atoms with E-state index in [0.29, 0.717) is 16.4 Å². The quantitative estimate of drug-likeness (QED) is 0.523. The molecule has 0 unspecified atom stereocenters. The second-order valence-electron chi connectivity index (χ2n) is 2.82. The average molecular weight is 195 g/mol. The Kier molecular flexibility index (Phi) is 1.97. The van der Waals surface area contributed by atoms with E-state index in [2.05, 4.69) is 22.7 Å². The van der Waals surface area contributed by atoms with Gasteiger partial charge in [-0.05, 0) is 13.0 Å². The Bertz CT molecular complexity index is 452. The van der Waals surface area contributed by atoms with E-state index in [9.17, 15) is 0 Å². The van der Waals surface area contributed by atoms with Crippen LogP contribution < -0.4 is 0 Å². The number of aliphatic hydroxyl groups is 1. The maximum atomic E-state index is 8.90. The number of hydrogen-bond donors (Lipinski definition) is 2. The van der Waals surface area contributed by atoms with E-state index in [1.165, 1.54) is 0 Å². The summed E-state index contributed by atoms with van der Waals surface area (Å²) in [4.78, 5) is 4.18. The van der Waals surface area contributed by atoms with Crippen molar-refractivity contribution in [2.24, 2.45) is 0 Å². The number of aryl methyl sites for hydroxylation is 1. The topological polar surface area (TPSA) is 50.4 Å². The fourth-order valence-electron chi connectivity index (χ4n) is 1.20. The van der Waals surface area contributed by atoms with Gasteiger partial charge in [0, 0.05) is 6.07 Å². The number of hydrogen-bond acceptors (Lipinski definition) is 4. The largest absolute Gasteiger partial charge is 0.390 e. The molecule has 2 aromatic rings. The average Bonchev–Trinajstić information content (AvgIpc) is 2.46. The number of thiol groups is 1. The van der Waals surface area contributed by atoms with E-state index >= 15 is 0 Å². The van der Waals surface area contributed by atoms with Crippen LogP contribution in [0.5, 0.6) is 0 Å². The lowest BCUT2D eigenvalue weighted by molar-refractivity contribution is 0.276. The first-order chi connectivity index (χ1) is 6.20. The smallest absolute Gasteiger partial charge is 0.156 e. The lowest BCUT2D eigenvalue weighted by Crippen LogP contribution is -1.97. The molecule has 0 spiro atoms. The number of aromatic nitrogens is 3. The second kappa shape index (κ2) is 3.01. The standard InChI is InChI=1S/C8H9N3OS/c1-5-2-7-9-6(4-12)3-8(13)11(7)10-5/h2-3,12-13H,4H2,1H3. The van der Waals surface area contributed by atoms with Crippen LogP contribution in [0.3, 0.4) is 0 Å². The number of nitrogens with zero attached hydrogens (tertiary/aromatic N) is 3. The normalized spacial score (nSPS) is 11.0. The summed E-state index contributed by atoms with van der Waals surface area (Å²) in [5.74, 6) is 0. The van der Waals surface area contributed by atoms with Gasteiger partial charge in [-0.2, -0.15) is 5.10 Å². The molecule has 0 aromatic carbocycles. The van der Waals surface area contributed by atoms with Crippen LogP contribution >= 0.6 is 12.6 Å². The summed E-state index contributed by atoms with van der Waals surface area (Å²) in [6.07, 6.45) is 0. The van der Waals surface area contributed by atoms with Gasteiger partial charge in [-0.15, -0.1) is 12.6 Å². The molecule has 0 aliphatic rings. The van der Waals surface area contributed by atoms with Crippen molar-refractivity contribution in [3.8, 4) is 0 Å². The van der Waals surface area contributed by atoms with Crippen molar-refractivity contribution >= 4 is 18.3 Å². The molecular weight excluding hydrogens is 186 g/mol. The maximum absolute atomic E-state index is 8.90. The Morgan fingerprint density at radius 2 is 2.31 bits per heavy atom. The number of fused-ring (bicyclic) bond motifs is 1. The molecule has 0 fully saturated rings. The van der Waals surface area contributed by atoms with Crippen molar-refractivity contribution in [2.75, 3.05) is 0 Å². The predicted molar refractivity (Wildman–Crippen MR) is 50.9 cm³/mol. The van der Waals surface area contributed by atoms with E-state index in [-0.39, 0.29) is 6.61 Å². The second-order valence-corrected chi connectivity index (χ2v) is 3.28. The molecule has 0 saturated heterocycles. The molecule has 2 heterocycles. The molecule has 0 atom stereocenters. The minimum atomic E-state index is -0.0751. The monoisotopic (exact) mass is 195 g/mol. The zero-order valence-corrected chi connectivity index (χ0v) is 7.99. The Hall–Kier alpha value is -1.07. The molecule has 0 bridgehead atoms. The first-order valence-corrected chi connectivity index (χ1v) is 4.31. The highest BCUT2D eigenvalue weighted by molar-refractivity contribution is 7.80. The van der Waals surface area contributed by atoms with Crippen LogP contribution in [-0.4, -0.2) is 19.7 Å². The van der Waals surface area contributed by atoms with Gasteiger partial charge in [0.1, 0.15) is 0 Å². The molecule has 68 valence electrons. The summed E-state index contributed by atoms with van der Waals surface area (Å²) in [5.41, 5.74) is 2.21. The summed E-state index contributed by atoms with van der Waals surface area (Å²) in [5, 5.41) is 13.8. The highest BCUT2D eigenvalue weighted by atomic mass is 32.1. The third-order valence-electron chi connectivity index (χ3n) is 1.75. The van der Waals surface area contributed by atoms with Crippen molar-refractivity contribution in [3.05, 3.63) is 23.5 Å². The zero-order chi connectivity index (χ0) is 9.42. The van der Waals surface area contributed by atoms with Crippen LogP contribution in [-0.2, 0) is 6.61 Å². The summed E-state index contributed by atoms with van der Waals surface area (Å²) in [7, 11) is 0. The Morgan fingerprint density at radius 1 is 1.54 bits per heavy atom. The molecule has 13 heavy (non-hydrogen) atoms. The molecule has 0 saturated carbocycles. The van der Waals surface area contributed by atoms with Gasteiger partial charge in [0.15, 0.2) is 5.65 Å². The molecule has 1 N–H and O–H groups in total. The van der Waals surface area contributed by atoms with Crippen molar-refractivity contribution in [2.45, 2.75) is 18.6 Å².